The summed E-state index contributed by atoms with van der Waals surface area (Å²) in [5, 5.41) is 21.1. The van der Waals surface area contributed by atoms with Crippen molar-refractivity contribution < 1.29 is 10.0 Å². The first-order valence-electron chi connectivity index (χ1n) is 9.57. The second-order valence-corrected chi connectivity index (χ2v) is 9.09. The molecule has 132 valence electrons. The largest absolute Gasteiger partial charge is 0.393 e. The van der Waals surface area contributed by atoms with Gasteiger partial charge in [-0.1, -0.05) is 25.5 Å². The van der Waals surface area contributed by atoms with Crippen molar-refractivity contribution in [3.63, 3.8) is 0 Å². The molecule has 0 amide bonds. The molecule has 1 N–H and O–H groups in total. The molecular weight excluding hydrogens is 302 g/mol. The molecule has 4 aliphatic rings. The van der Waals surface area contributed by atoms with Crippen LogP contribution in [0, 0.1) is 38.7 Å². The van der Waals surface area contributed by atoms with E-state index in [0.717, 1.165) is 50.5 Å². The minimum atomic E-state index is -0.252. The molecule has 4 rings (SSSR count). The summed E-state index contributed by atoms with van der Waals surface area (Å²) in [6.07, 6.45) is 11.8. The molecule has 4 nitrogen and oxygen atoms in total. The van der Waals surface area contributed by atoms with E-state index in [1.165, 1.54) is 18.2 Å². The highest BCUT2D eigenvalue weighted by atomic mass is 16.6. The second-order valence-electron chi connectivity index (χ2n) is 9.09. The maximum atomic E-state index is 11.0. The molecule has 0 saturated heterocycles. The van der Waals surface area contributed by atoms with Gasteiger partial charge in [-0.2, -0.15) is 0 Å². The Morgan fingerprint density at radius 1 is 1.21 bits per heavy atom. The molecule has 24 heavy (non-hydrogen) atoms. The highest BCUT2D eigenvalue weighted by molar-refractivity contribution is 5.28. The summed E-state index contributed by atoms with van der Waals surface area (Å²) in [6.45, 7) is 4.70. The van der Waals surface area contributed by atoms with E-state index < -0.39 is 0 Å². The van der Waals surface area contributed by atoms with Gasteiger partial charge in [-0.15, -0.1) is 0 Å². The zero-order valence-corrected chi connectivity index (χ0v) is 14.8. The average molecular weight is 331 g/mol. The third kappa shape index (κ3) is 2.22. The normalized spacial score (nSPS) is 49.1. The van der Waals surface area contributed by atoms with E-state index in [4.69, 9.17) is 0 Å². The Kier molecular flexibility index (Phi) is 3.68. The Morgan fingerprint density at radius 2 is 1.92 bits per heavy atom. The lowest BCUT2D eigenvalue weighted by atomic mass is 9.48. The zero-order chi connectivity index (χ0) is 17.1. The van der Waals surface area contributed by atoms with Crippen LogP contribution in [0.5, 0.6) is 0 Å². The van der Waals surface area contributed by atoms with Crippen LogP contribution in [0.15, 0.2) is 23.4 Å². The summed E-state index contributed by atoms with van der Waals surface area (Å²) in [5.41, 5.74) is 2.85. The van der Waals surface area contributed by atoms with E-state index in [1.54, 1.807) is 0 Å². The lowest BCUT2D eigenvalue weighted by molar-refractivity contribution is -0.404. The van der Waals surface area contributed by atoms with Crippen LogP contribution in [0.3, 0.4) is 0 Å². The van der Waals surface area contributed by atoms with Gasteiger partial charge >= 0.3 is 0 Å². The molecule has 0 aromatic heterocycles. The summed E-state index contributed by atoms with van der Waals surface area (Å²) in [5.74, 6) is 1.94. The molecule has 0 bridgehead atoms. The summed E-state index contributed by atoms with van der Waals surface area (Å²) < 4.78 is 0. The maximum absolute atomic E-state index is 11.0. The smallest absolute Gasteiger partial charge is 0.234 e. The molecule has 1 unspecified atom stereocenters. The Labute approximate surface area is 144 Å². The van der Waals surface area contributed by atoms with Crippen LogP contribution in [-0.2, 0) is 0 Å². The lowest BCUT2D eigenvalue weighted by Gasteiger charge is -2.57. The predicted octanol–water partition coefficient (Wildman–Crippen LogP) is 4.47. The van der Waals surface area contributed by atoms with Crippen molar-refractivity contribution in [2.75, 3.05) is 0 Å². The number of aliphatic hydroxyl groups is 1. The first-order valence-corrected chi connectivity index (χ1v) is 9.57. The number of nitro groups is 1. The maximum Gasteiger partial charge on any atom is 0.234 e. The number of hydrogen-bond acceptors (Lipinski definition) is 3. The molecule has 0 radical (unpaired) electrons. The minimum absolute atomic E-state index is 0.0319. The van der Waals surface area contributed by atoms with Gasteiger partial charge in [0.15, 0.2) is 0 Å². The van der Waals surface area contributed by atoms with Crippen LogP contribution in [0.4, 0.5) is 0 Å². The summed E-state index contributed by atoms with van der Waals surface area (Å²) >= 11 is 0. The van der Waals surface area contributed by atoms with Crippen molar-refractivity contribution >= 4 is 0 Å². The molecule has 0 aromatic carbocycles. The van der Waals surface area contributed by atoms with Crippen LogP contribution in [0.25, 0.3) is 0 Å². The summed E-state index contributed by atoms with van der Waals surface area (Å²) in [4.78, 5) is 10.8. The average Bonchev–Trinajstić information content (AvgIpc) is 2.84. The highest BCUT2D eigenvalue weighted by Crippen LogP contribution is 2.66. The number of aliphatic hydroxyl groups excluding tert-OH is 1. The Bertz CT molecular complexity index is 624. The van der Waals surface area contributed by atoms with Crippen LogP contribution in [-0.4, -0.2) is 16.1 Å². The monoisotopic (exact) mass is 331 g/mol. The van der Waals surface area contributed by atoms with Gasteiger partial charge in [-0.05, 0) is 80.0 Å². The molecule has 4 heteroatoms. The van der Waals surface area contributed by atoms with Gasteiger partial charge in [-0.3, -0.25) is 10.1 Å². The summed E-state index contributed by atoms with van der Waals surface area (Å²) in [7, 11) is 0. The molecule has 0 heterocycles. The van der Waals surface area contributed by atoms with Gasteiger partial charge in [0.1, 0.15) is 0 Å². The third-order valence-electron chi connectivity index (χ3n) is 8.19. The third-order valence-corrected chi connectivity index (χ3v) is 8.19. The topological polar surface area (TPSA) is 63.4 Å². The van der Waals surface area contributed by atoms with Gasteiger partial charge in [0, 0.05) is 5.57 Å². The van der Waals surface area contributed by atoms with E-state index in [1.807, 2.05) is 0 Å². The number of fused-ring (bicyclic) bond motifs is 5. The lowest BCUT2D eigenvalue weighted by Crippen LogP contribution is -2.49. The first kappa shape index (κ1) is 16.3. The van der Waals surface area contributed by atoms with E-state index in [9.17, 15) is 15.2 Å². The van der Waals surface area contributed by atoms with Crippen molar-refractivity contribution in [1.82, 2.24) is 0 Å². The zero-order valence-electron chi connectivity index (χ0n) is 14.8. The van der Waals surface area contributed by atoms with Crippen LogP contribution in [0.2, 0.25) is 0 Å². The molecule has 6 atom stereocenters. The van der Waals surface area contributed by atoms with Crippen LogP contribution >= 0.6 is 0 Å². The quantitative estimate of drug-likeness (QED) is 0.438. The fourth-order valence-electron chi connectivity index (χ4n) is 6.83. The van der Waals surface area contributed by atoms with Crippen molar-refractivity contribution in [2.24, 2.45) is 28.6 Å². The van der Waals surface area contributed by atoms with Gasteiger partial charge in [0.05, 0.1) is 11.0 Å². The Balaban J connectivity index is 1.66. The van der Waals surface area contributed by atoms with Gasteiger partial charge in [0.2, 0.25) is 6.20 Å². The SMILES string of the molecule is C[C@]12CC[C@H](O)CC1=CCC1[C@@H]2CC[C@]2(C)/C(=C/[N+](=O)[O-])CC[C@@H]12. The first-order chi connectivity index (χ1) is 11.3. The standard InChI is InChI=1S/C20H29NO3/c1-19-9-7-15(22)11-13(19)3-5-16-17-6-4-14(12-21(23)24)20(17,2)10-8-18(16)19/h3,12,15-18,22H,4-11H2,1-2H3/b14-12+/t15-,16?,17-,18-,19-,20+/m0/s1. The van der Waals surface area contributed by atoms with E-state index in [2.05, 4.69) is 19.9 Å². The van der Waals surface area contributed by atoms with Crippen molar-refractivity contribution in [1.29, 1.82) is 0 Å². The van der Waals surface area contributed by atoms with Crippen molar-refractivity contribution in [3.05, 3.63) is 33.5 Å². The highest BCUT2D eigenvalue weighted by Gasteiger charge is 2.57. The Hall–Kier alpha value is -1.16. The molecule has 0 spiro atoms. The van der Waals surface area contributed by atoms with E-state index in [-0.39, 0.29) is 21.9 Å². The molecule has 0 aliphatic heterocycles. The van der Waals surface area contributed by atoms with Crippen molar-refractivity contribution in [2.45, 2.75) is 71.3 Å². The van der Waals surface area contributed by atoms with Gasteiger partial charge in [0.25, 0.3) is 0 Å². The number of rotatable bonds is 1. The molecule has 0 aromatic rings. The summed E-state index contributed by atoms with van der Waals surface area (Å²) in [6, 6.07) is 0. The van der Waals surface area contributed by atoms with Crippen molar-refractivity contribution in [3.8, 4) is 0 Å². The van der Waals surface area contributed by atoms with E-state index >= 15 is 0 Å². The van der Waals surface area contributed by atoms with Gasteiger partial charge < -0.3 is 5.11 Å². The minimum Gasteiger partial charge on any atom is -0.393 e. The second kappa shape index (κ2) is 5.42. The van der Waals surface area contributed by atoms with Crippen LogP contribution in [0.1, 0.15) is 65.2 Å². The number of nitrogens with zero attached hydrogens (tertiary/aromatic N) is 1. The van der Waals surface area contributed by atoms with E-state index in [0.29, 0.717) is 17.8 Å². The Morgan fingerprint density at radius 3 is 2.67 bits per heavy atom. The molecule has 4 aliphatic carbocycles. The number of hydrogen-bond donors (Lipinski definition) is 1. The fourth-order valence-corrected chi connectivity index (χ4v) is 6.83. The van der Waals surface area contributed by atoms with Gasteiger partial charge in [-0.25, -0.2) is 0 Å². The predicted molar refractivity (Wildman–Crippen MR) is 92.8 cm³/mol. The van der Waals surface area contributed by atoms with Crippen LogP contribution < -0.4 is 0 Å². The fraction of sp³-hybridized carbons (Fsp3) is 0.800. The number of allylic oxidation sites excluding steroid dienone is 2. The molecule has 3 saturated carbocycles. The molecular formula is C20H29NO3. The molecule has 3 fully saturated rings.